The third-order valence-corrected chi connectivity index (χ3v) is 7.46. The lowest BCUT2D eigenvalue weighted by Crippen LogP contribution is -2.27. The Bertz CT molecular complexity index is 1390. The molecule has 2 N–H and O–H groups in total. The molecular weight excluding hydrogens is 474 g/mol. The lowest BCUT2D eigenvalue weighted by atomic mass is 10.1. The number of carbonyl (C=O) groups excluding carboxylic acids is 1. The predicted molar refractivity (Wildman–Crippen MR) is 135 cm³/mol. The van der Waals surface area contributed by atoms with Gasteiger partial charge in [-0.05, 0) is 48.7 Å². The molecule has 1 amide bonds. The van der Waals surface area contributed by atoms with Crippen LogP contribution in [-0.4, -0.2) is 31.4 Å². The maximum Gasteiger partial charge on any atom is 0.230 e. The number of thiophene rings is 1. The highest BCUT2D eigenvalue weighted by Crippen LogP contribution is 2.32. The molecule has 3 heterocycles. The van der Waals surface area contributed by atoms with E-state index in [1.54, 1.807) is 11.3 Å². The molecule has 5 aromatic rings. The zero-order valence-corrected chi connectivity index (χ0v) is 20.0. The van der Waals surface area contributed by atoms with Gasteiger partial charge in [0.25, 0.3) is 0 Å². The van der Waals surface area contributed by atoms with E-state index >= 15 is 0 Å². The highest BCUT2D eigenvalue weighted by atomic mass is 35.5. The maximum absolute atomic E-state index is 12.6. The molecule has 0 aliphatic heterocycles. The molecule has 5 rings (SSSR count). The summed E-state index contributed by atoms with van der Waals surface area (Å²) >= 11 is 9.10. The fourth-order valence-electron chi connectivity index (χ4n) is 3.64. The summed E-state index contributed by atoms with van der Waals surface area (Å²) in [4.78, 5) is 17.0. The summed E-state index contributed by atoms with van der Waals surface area (Å²) < 4.78 is 1.96. The van der Waals surface area contributed by atoms with Crippen molar-refractivity contribution in [3.8, 4) is 17.1 Å². The first-order chi connectivity index (χ1) is 16.1. The molecule has 0 saturated carbocycles. The fraction of sp³-hybridized carbons (Fsp3) is 0.125. The number of fused-ring (bicyclic) bond motifs is 1. The first-order valence-corrected chi connectivity index (χ1v) is 12.6. The van der Waals surface area contributed by atoms with Crippen LogP contribution in [0.15, 0.2) is 77.4 Å². The second-order valence-electron chi connectivity index (χ2n) is 7.46. The van der Waals surface area contributed by atoms with Crippen molar-refractivity contribution in [1.29, 1.82) is 0 Å². The van der Waals surface area contributed by atoms with Gasteiger partial charge in [0, 0.05) is 38.3 Å². The van der Waals surface area contributed by atoms with Crippen LogP contribution < -0.4 is 5.32 Å². The summed E-state index contributed by atoms with van der Waals surface area (Å²) in [5.74, 6) is 0.875. The van der Waals surface area contributed by atoms with Gasteiger partial charge >= 0.3 is 0 Å². The summed E-state index contributed by atoms with van der Waals surface area (Å²) in [5, 5.41) is 16.3. The van der Waals surface area contributed by atoms with E-state index in [0.717, 1.165) is 27.0 Å². The van der Waals surface area contributed by atoms with Crippen LogP contribution in [0.4, 0.5) is 0 Å². The van der Waals surface area contributed by atoms with E-state index in [-0.39, 0.29) is 17.7 Å². The Morgan fingerprint density at radius 2 is 1.97 bits per heavy atom. The minimum Gasteiger partial charge on any atom is -0.360 e. The number of halogens is 1. The number of nitrogens with zero attached hydrogens (tertiary/aromatic N) is 3. The van der Waals surface area contributed by atoms with Gasteiger partial charge in [-0.3, -0.25) is 9.36 Å². The lowest BCUT2D eigenvalue weighted by molar-refractivity contribution is -0.119. The van der Waals surface area contributed by atoms with Gasteiger partial charge in [0.15, 0.2) is 11.0 Å². The van der Waals surface area contributed by atoms with Crippen LogP contribution >= 0.6 is 34.7 Å². The normalized spacial score (nSPS) is 12.2. The molecule has 2 aromatic carbocycles. The molecule has 0 aliphatic rings. The number of para-hydroxylation sites is 1. The average molecular weight is 494 g/mol. The number of H-pyrrole nitrogens is 1. The molecule has 0 aliphatic carbocycles. The van der Waals surface area contributed by atoms with Crippen LogP contribution in [0, 0.1) is 0 Å². The van der Waals surface area contributed by atoms with Gasteiger partial charge in [-0.1, -0.05) is 47.6 Å². The number of aromatic nitrogens is 4. The summed E-state index contributed by atoms with van der Waals surface area (Å²) in [5.41, 5.74) is 2.84. The predicted octanol–water partition coefficient (Wildman–Crippen LogP) is 6.10. The number of hydrogen-bond acceptors (Lipinski definition) is 5. The fourth-order valence-corrected chi connectivity index (χ4v) is 5.26. The Kier molecular flexibility index (Phi) is 6.22. The van der Waals surface area contributed by atoms with Gasteiger partial charge in [-0.25, -0.2) is 0 Å². The number of hydrogen-bond donors (Lipinski definition) is 2. The molecule has 33 heavy (non-hydrogen) atoms. The summed E-state index contributed by atoms with van der Waals surface area (Å²) in [7, 11) is 0. The van der Waals surface area contributed by atoms with Crippen molar-refractivity contribution in [1.82, 2.24) is 25.1 Å². The van der Waals surface area contributed by atoms with Crippen LogP contribution in [0.1, 0.15) is 17.8 Å². The number of nitrogens with one attached hydrogen (secondary N) is 2. The Balaban J connectivity index is 1.45. The third kappa shape index (κ3) is 4.55. The van der Waals surface area contributed by atoms with E-state index in [9.17, 15) is 4.79 Å². The van der Waals surface area contributed by atoms with Crippen molar-refractivity contribution in [2.45, 2.75) is 18.1 Å². The van der Waals surface area contributed by atoms with E-state index in [0.29, 0.717) is 16.0 Å². The standard InChI is InChI=1S/C24H20ClN5OS2/c1-15(21-7-4-12-32-21)27-22(31)14-33-24-29-28-23(30(24)17-10-8-16(25)9-11-17)19-13-26-20-6-3-2-5-18(19)20/h2-13,15,26H,14H2,1H3,(H,27,31). The maximum atomic E-state index is 12.6. The van der Waals surface area contributed by atoms with E-state index in [1.807, 2.05) is 83.7 Å². The number of carbonyl (C=O) groups is 1. The molecule has 1 atom stereocenters. The first kappa shape index (κ1) is 21.8. The van der Waals surface area contributed by atoms with Gasteiger partial charge in [-0.2, -0.15) is 0 Å². The molecule has 0 fully saturated rings. The Hall–Kier alpha value is -3.07. The Labute approximate surface area is 204 Å². The molecular formula is C24H20ClN5OS2. The molecule has 9 heteroatoms. The third-order valence-electron chi connectivity index (χ3n) is 5.23. The van der Waals surface area contributed by atoms with Crippen LogP contribution in [0.3, 0.4) is 0 Å². The second-order valence-corrected chi connectivity index (χ2v) is 9.82. The zero-order chi connectivity index (χ0) is 22.8. The topological polar surface area (TPSA) is 75.6 Å². The Morgan fingerprint density at radius 3 is 2.76 bits per heavy atom. The van der Waals surface area contributed by atoms with Crippen molar-refractivity contribution in [2.24, 2.45) is 0 Å². The van der Waals surface area contributed by atoms with Crippen molar-refractivity contribution in [3.63, 3.8) is 0 Å². The monoisotopic (exact) mass is 493 g/mol. The van der Waals surface area contributed by atoms with Gasteiger partial charge in [-0.15, -0.1) is 21.5 Å². The molecule has 0 radical (unpaired) electrons. The van der Waals surface area contributed by atoms with Crippen LogP contribution in [0.25, 0.3) is 28.0 Å². The molecule has 0 spiro atoms. The zero-order valence-electron chi connectivity index (χ0n) is 17.7. The SMILES string of the molecule is CC(NC(=O)CSc1nnc(-c2c[nH]c3ccccc23)n1-c1ccc(Cl)cc1)c1cccs1. The lowest BCUT2D eigenvalue weighted by Gasteiger charge is -2.13. The Morgan fingerprint density at radius 1 is 1.15 bits per heavy atom. The number of amides is 1. The minimum absolute atomic E-state index is 0.0333. The van der Waals surface area contributed by atoms with Gasteiger partial charge in [0.05, 0.1) is 11.8 Å². The average Bonchev–Trinajstić information content (AvgIpc) is 3.57. The summed E-state index contributed by atoms with van der Waals surface area (Å²) in [6.07, 6.45) is 1.94. The molecule has 0 saturated heterocycles. The van der Waals surface area contributed by atoms with Crippen molar-refractivity contribution < 1.29 is 4.79 Å². The largest absolute Gasteiger partial charge is 0.360 e. The molecule has 6 nitrogen and oxygen atoms in total. The molecule has 166 valence electrons. The molecule has 0 bridgehead atoms. The molecule has 3 aromatic heterocycles. The van der Waals surface area contributed by atoms with Crippen LogP contribution in [0.5, 0.6) is 0 Å². The summed E-state index contributed by atoms with van der Waals surface area (Å²) in [6.45, 7) is 1.99. The molecule has 1 unspecified atom stereocenters. The van der Waals surface area contributed by atoms with Gasteiger partial charge in [0.2, 0.25) is 5.91 Å². The van der Waals surface area contributed by atoms with Crippen LogP contribution in [0.2, 0.25) is 5.02 Å². The number of thioether (sulfide) groups is 1. The van der Waals surface area contributed by atoms with Crippen molar-refractivity contribution in [2.75, 3.05) is 5.75 Å². The quantitative estimate of drug-likeness (QED) is 0.268. The van der Waals surface area contributed by atoms with E-state index < -0.39 is 0 Å². The number of aromatic amines is 1. The van der Waals surface area contributed by atoms with Crippen LogP contribution in [-0.2, 0) is 4.79 Å². The van der Waals surface area contributed by atoms with E-state index in [4.69, 9.17) is 11.6 Å². The smallest absolute Gasteiger partial charge is 0.230 e. The highest BCUT2D eigenvalue weighted by molar-refractivity contribution is 7.99. The summed E-state index contributed by atoms with van der Waals surface area (Å²) in [6, 6.07) is 19.5. The van der Waals surface area contributed by atoms with Gasteiger partial charge in [0.1, 0.15) is 0 Å². The highest BCUT2D eigenvalue weighted by Gasteiger charge is 2.20. The number of benzene rings is 2. The number of rotatable bonds is 7. The minimum atomic E-state index is -0.0554. The van der Waals surface area contributed by atoms with E-state index in [2.05, 4.69) is 20.5 Å². The second kappa shape index (κ2) is 9.43. The van der Waals surface area contributed by atoms with E-state index in [1.165, 1.54) is 11.8 Å². The van der Waals surface area contributed by atoms with Gasteiger partial charge < -0.3 is 10.3 Å². The first-order valence-electron chi connectivity index (χ1n) is 10.3. The van der Waals surface area contributed by atoms with Crippen molar-refractivity contribution in [3.05, 3.63) is 82.1 Å². The van der Waals surface area contributed by atoms with Crippen molar-refractivity contribution >= 4 is 51.5 Å².